The van der Waals surface area contributed by atoms with E-state index in [9.17, 15) is 4.79 Å². The van der Waals surface area contributed by atoms with Crippen LogP contribution >= 0.6 is 0 Å². The molecule has 0 aliphatic carbocycles. The molecule has 2 aliphatic rings. The largest absolute Gasteiger partial charge is 0.379 e. The van der Waals surface area contributed by atoms with E-state index in [1.54, 1.807) is 18.6 Å². The van der Waals surface area contributed by atoms with Gasteiger partial charge < -0.3 is 9.64 Å². The molecule has 7 heteroatoms. The van der Waals surface area contributed by atoms with Crippen LogP contribution in [-0.4, -0.2) is 76.1 Å². The van der Waals surface area contributed by atoms with Gasteiger partial charge >= 0.3 is 0 Å². The lowest BCUT2D eigenvalue weighted by atomic mass is 10.2. The Morgan fingerprint density at radius 3 is 2.65 bits per heavy atom. The van der Waals surface area contributed by atoms with Crippen LogP contribution in [0, 0.1) is 0 Å². The molecule has 136 valence electrons. The Hall–Kier alpha value is -2.38. The normalized spacial score (nSPS) is 21.1. The number of hydrogen-bond donors (Lipinski definition) is 0. The molecule has 26 heavy (non-hydrogen) atoms. The number of aromatic nitrogens is 3. The number of morpholine rings is 1. The minimum atomic E-state index is 0.0216. The van der Waals surface area contributed by atoms with E-state index in [2.05, 4.69) is 19.9 Å². The van der Waals surface area contributed by atoms with Gasteiger partial charge in [0.2, 0.25) is 0 Å². The fourth-order valence-corrected chi connectivity index (χ4v) is 3.61. The number of carbonyl (C=O) groups is 1. The van der Waals surface area contributed by atoms with Crippen molar-refractivity contribution in [2.24, 2.45) is 0 Å². The molecule has 2 aromatic rings. The molecule has 1 amide bonds. The van der Waals surface area contributed by atoms with E-state index in [1.165, 1.54) is 0 Å². The highest BCUT2D eigenvalue weighted by atomic mass is 16.5. The molecule has 1 unspecified atom stereocenters. The summed E-state index contributed by atoms with van der Waals surface area (Å²) in [5.74, 6) is 0.557. The molecule has 0 aromatic carbocycles. The first kappa shape index (κ1) is 17.1. The van der Waals surface area contributed by atoms with Gasteiger partial charge in [-0.3, -0.25) is 14.7 Å². The summed E-state index contributed by atoms with van der Waals surface area (Å²) in [4.78, 5) is 30.2. The molecule has 1 atom stereocenters. The molecule has 0 N–H and O–H groups in total. The van der Waals surface area contributed by atoms with Gasteiger partial charge in [0.05, 0.1) is 18.8 Å². The minimum Gasteiger partial charge on any atom is -0.379 e. The lowest BCUT2D eigenvalue weighted by Gasteiger charge is -2.32. The van der Waals surface area contributed by atoms with Crippen molar-refractivity contribution in [2.75, 3.05) is 39.4 Å². The highest BCUT2D eigenvalue weighted by Gasteiger charge is 2.31. The Bertz CT molecular complexity index is 731. The van der Waals surface area contributed by atoms with Gasteiger partial charge in [0.25, 0.3) is 5.91 Å². The first-order valence-corrected chi connectivity index (χ1v) is 9.16. The van der Waals surface area contributed by atoms with Gasteiger partial charge in [0.1, 0.15) is 5.69 Å². The number of rotatable bonds is 4. The van der Waals surface area contributed by atoms with Gasteiger partial charge in [-0.15, -0.1) is 0 Å². The lowest BCUT2D eigenvalue weighted by Crippen LogP contribution is -2.46. The highest BCUT2D eigenvalue weighted by molar-refractivity contribution is 5.94. The second-order valence-corrected chi connectivity index (χ2v) is 6.72. The third kappa shape index (κ3) is 3.73. The Balaban J connectivity index is 1.44. The van der Waals surface area contributed by atoms with Gasteiger partial charge in [-0.2, -0.15) is 0 Å². The first-order valence-electron chi connectivity index (χ1n) is 9.16. The van der Waals surface area contributed by atoms with Crippen molar-refractivity contribution in [3.8, 4) is 11.5 Å². The van der Waals surface area contributed by atoms with Gasteiger partial charge in [-0.1, -0.05) is 6.07 Å². The second kappa shape index (κ2) is 7.88. The SMILES string of the molecule is O=C(c1cnc(-c2ccccn2)nc1)N1CCCC1CN1CCOCC1. The van der Waals surface area contributed by atoms with E-state index >= 15 is 0 Å². The van der Waals surface area contributed by atoms with Crippen molar-refractivity contribution in [1.29, 1.82) is 0 Å². The Kier molecular flexibility index (Phi) is 5.17. The third-order valence-corrected chi connectivity index (χ3v) is 5.00. The summed E-state index contributed by atoms with van der Waals surface area (Å²) < 4.78 is 5.41. The van der Waals surface area contributed by atoms with Crippen LogP contribution in [0.2, 0.25) is 0 Å². The van der Waals surface area contributed by atoms with Gasteiger partial charge in [0, 0.05) is 50.8 Å². The zero-order valence-corrected chi connectivity index (χ0v) is 14.8. The van der Waals surface area contributed by atoms with Crippen LogP contribution in [0.25, 0.3) is 11.5 Å². The van der Waals surface area contributed by atoms with E-state index in [0.29, 0.717) is 17.1 Å². The average Bonchev–Trinajstić information content (AvgIpc) is 3.17. The average molecular weight is 353 g/mol. The van der Waals surface area contributed by atoms with E-state index < -0.39 is 0 Å². The lowest BCUT2D eigenvalue weighted by molar-refractivity contribution is 0.0261. The quantitative estimate of drug-likeness (QED) is 0.829. The summed E-state index contributed by atoms with van der Waals surface area (Å²) in [6.07, 6.45) is 7.04. The topological polar surface area (TPSA) is 71.5 Å². The minimum absolute atomic E-state index is 0.0216. The van der Waals surface area contributed by atoms with E-state index in [1.807, 2.05) is 23.1 Å². The van der Waals surface area contributed by atoms with Crippen molar-refractivity contribution in [2.45, 2.75) is 18.9 Å². The van der Waals surface area contributed by atoms with Gasteiger partial charge in [-0.05, 0) is 25.0 Å². The summed E-state index contributed by atoms with van der Waals surface area (Å²) >= 11 is 0. The van der Waals surface area contributed by atoms with E-state index in [4.69, 9.17) is 4.74 Å². The van der Waals surface area contributed by atoms with Gasteiger partial charge in [-0.25, -0.2) is 9.97 Å². The molecule has 0 bridgehead atoms. The molecule has 2 aromatic heterocycles. The zero-order valence-electron chi connectivity index (χ0n) is 14.8. The Morgan fingerprint density at radius 1 is 1.12 bits per heavy atom. The number of hydrogen-bond acceptors (Lipinski definition) is 6. The van der Waals surface area contributed by atoms with Crippen LogP contribution in [0.3, 0.4) is 0 Å². The summed E-state index contributed by atoms with van der Waals surface area (Å²) in [6, 6.07) is 5.86. The van der Waals surface area contributed by atoms with Crippen LogP contribution < -0.4 is 0 Å². The molecule has 4 rings (SSSR count). The number of pyridine rings is 1. The molecule has 7 nitrogen and oxygen atoms in total. The molecule has 0 saturated carbocycles. The molecule has 4 heterocycles. The first-order chi connectivity index (χ1) is 12.8. The Labute approximate surface area is 153 Å². The number of nitrogens with zero attached hydrogens (tertiary/aromatic N) is 5. The van der Waals surface area contributed by atoms with Crippen LogP contribution in [0.4, 0.5) is 0 Å². The number of carbonyl (C=O) groups excluding carboxylic acids is 1. The highest BCUT2D eigenvalue weighted by Crippen LogP contribution is 2.21. The molecule has 2 aliphatic heterocycles. The molecule has 0 spiro atoms. The van der Waals surface area contributed by atoms with Crippen molar-refractivity contribution in [3.05, 3.63) is 42.4 Å². The third-order valence-electron chi connectivity index (χ3n) is 5.00. The number of ether oxygens (including phenoxy) is 1. The van der Waals surface area contributed by atoms with Crippen LogP contribution in [0.5, 0.6) is 0 Å². The number of amides is 1. The number of likely N-dealkylation sites (tertiary alicyclic amines) is 1. The molecule has 2 fully saturated rings. The molecular weight excluding hydrogens is 330 g/mol. The van der Waals surface area contributed by atoms with Crippen molar-refractivity contribution < 1.29 is 9.53 Å². The molecular formula is C19H23N5O2. The summed E-state index contributed by atoms with van der Waals surface area (Å²) in [5, 5.41) is 0. The summed E-state index contributed by atoms with van der Waals surface area (Å²) in [7, 11) is 0. The van der Waals surface area contributed by atoms with Crippen LogP contribution in [-0.2, 0) is 4.74 Å². The molecule has 2 saturated heterocycles. The second-order valence-electron chi connectivity index (χ2n) is 6.72. The van der Waals surface area contributed by atoms with Gasteiger partial charge in [0.15, 0.2) is 5.82 Å². The van der Waals surface area contributed by atoms with E-state index in [-0.39, 0.29) is 11.9 Å². The van der Waals surface area contributed by atoms with Crippen molar-refractivity contribution >= 4 is 5.91 Å². The standard InChI is InChI=1S/C19H23N5O2/c25-19(15-12-21-18(22-13-15)17-5-1-2-6-20-17)24-7-3-4-16(24)14-23-8-10-26-11-9-23/h1-2,5-6,12-13,16H,3-4,7-11,14H2. The predicted octanol–water partition coefficient (Wildman–Crippen LogP) is 1.48. The monoisotopic (exact) mass is 353 g/mol. The zero-order chi connectivity index (χ0) is 17.8. The fraction of sp³-hybridized carbons (Fsp3) is 0.474. The summed E-state index contributed by atoms with van der Waals surface area (Å²) in [5.41, 5.74) is 1.25. The smallest absolute Gasteiger partial charge is 0.257 e. The maximum absolute atomic E-state index is 12.9. The van der Waals surface area contributed by atoms with Crippen LogP contribution in [0.1, 0.15) is 23.2 Å². The molecule has 0 radical (unpaired) electrons. The van der Waals surface area contributed by atoms with Crippen LogP contribution in [0.15, 0.2) is 36.8 Å². The van der Waals surface area contributed by atoms with E-state index in [0.717, 1.165) is 52.2 Å². The van der Waals surface area contributed by atoms with Crippen molar-refractivity contribution in [3.63, 3.8) is 0 Å². The fourth-order valence-electron chi connectivity index (χ4n) is 3.61. The predicted molar refractivity (Wildman–Crippen MR) is 96.6 cm³/mol. The summed E-state index contributed by atoms with van der Waals surface area (Å²) in [6.45, 7) is 5.17. The maximum Gasteiger partial charge on any atom is 0.257 e. The Morgan fingerprint density at radius 2 is 1.92 bits per heavy atom. The van der Waals surface area contributed by atoms with Crippen molar-refractivity contribution in [1.82, 2.24) is 24.8 Å². The maximum atomic E-state index is 12.9.